The topological polar surface area (TPSA) is 29.3 Å². The van der Waals surface area contributed by atoms with E-state index in [-0.39, 0.29) is 0 Å². The molecule has 0 aromatic carbocycles. The van der Waals surface area contributed by atoms with E-state index in [2.05, 4.69) is 25.7 Å². The molecule has 1 saturated heterocycles. The lowest BCUT2D eigenvalue weighted by atomic mass is 9.74. The highest BCUT2D eigenvalue weighted by Crippen LogP contribution is 2.41. The lowest BCUT2D eigenvalue weighted by Gasteiger charge is -2.50. The van der Waals surface area contributed by atoms with Gasteiger partial charge in [-0.1, -0.05) is 20.8 Å². The van der Waals surface area contributed by atoms with Crippen LogP contribution >= 0.6 is 0 Å². The number of rotatable bonds is 2. The van der Waals surface area contributed by atoms with Crippen LogP contribution in [0.25, 0.3) is 0 Å². The molecule has 17 heavy (non-hydrogen) atoms. The Balaban J connectivity index is 1.96. The molecule has 100 valence electrons. The SMILES string of the molecule is CC(C)(C)C1CCCN(C2(CN)CCC2)CC1. The van der Waals surface area contributed by atoms with Gasteiger partial charge in [0.1, 0.15) is 0 Å². The zero-order valence-corrected chi connectivity index (χ0v) is 12.0. The number of likely N-dealkylation sites (tertiary alicyclic amines) is 1. The molecule has 0 amide bonds. The highest BCUT2D eigenvalue weighted by atomic mass is 15.2. The van der Waals surface area contributed by atoms with Crippen molar-refractivity contribution in [2.75, 3.05) is 19.6 Å². The highest BCUT2D eigenvalue weighted by Gasteiger charge is 2.42. The van der Waals surface area contributed by atoms with Crippen molar-refractivity contribution in [1.82, 2.24) is 4.90 Å². The van der Waals surface area contributed by atoms with Gasteiger partial charge in [0.05, 0.1) is 0 Å². The predicted octanol–water partition coefficient (Wildman–Crippen LogP) is 3.02. The molecule has 2 N–H and O–H groups in total. The summed E-state index contributed by atoms with van der Waals surface area (Å²) in [7, 11) is 0. The van der Waals surface area contributed by atoms with E-state index in [1.807, 2.05) is 0 Å². The second-order valence-corrected chi connectivity index (χ2v) is 7.26. The van der Waals surface area contributed by atoms with Crippen LogP contribution in [0, 0.1) is 11.3 Å². The molecule has 0 bridgehead atoms. The fraction of sp³-hybridized carbons (Fsp3) is 1.00. The van der Waals surface area contributed by atoms with E-state index in [1.165, 1.54) is 51.6 Å². The summed E-state index contributed by atoms with van der Waals surface area (Å²) in [4.78, 5) is 2.72. The predicted molar refractivity (Wildman–Crippen MR) is 74.0 cm³/mol. The Morgan fingerprint density at radius 2 is 1.82 bits per heavy atom. The first-order chi connectivity index (χ1) is 7.98. The zero-order valence-electron chi connectivity index (χ0n) is 12.0. The van der Waals surface area contributed by atoms with Crippen molar-refractivity contribution >= 4 is 0 Å². The summed E-state index contributed by atoms with van der Waals surface area (Å²) in [6, 6.07) is 0. The van der Waals surface area contributed by atoms with E-state index < -0.39 is 0 Å². The molecular formula is C15H30N2. The van der Waals surface area contributed by atoms with E-state index in [1.54, 1.807) is 0 Å². The monoisotopic (exact) mass is 238 g/mol. The van der Waals surface area contributed by atoms with Crippen LogP contribution < -0.4 is 5.73 Å². The van der Waals surface area contributed by atoms with E-state index in [4.69, 9.17) is 5.73 Å². The minimum Gasteiger partial charge on any atom is -0.329 e. The van der Waals surface area contributed by atoms with Crippen LogP contribution in [0.3, 0.4) is 0 Å². The molecule has 1 atom stereocenters. The molecule has 0 aromatic heterocycles. The molecule has 2 rings (SSSR count). The van der Waals surface area contributed by atoms with Crippen molar-refractivity contribution in [1.29, 1.82) is 0 Å². The largest absolute Gasteiger partial charge is 0.329 e. The van der Waals surface area contributed by atoms with E-state index >= 15 is 0 Å². The van der Waals surface area contributed by atoms with Crippen LogP contribution in [-0.4, -0.2) is 30.1 Å². The van der Waals surface area contributed by atoms with Crippen molar-refractivity contribution in [3.8, 4) is 0 Å². The molecule has 0 radical (unpaired) electrons. The van der Waals surface area contributed by atoms with Gasteiger partial charge in [-0.25, -0.2) is 0 Å². The van der Waals surface area contributed by atoms with Crippen LogP contribution in [0.5, 0.6) is 0 Å². The van der Waals surface area contributed by atoms with Crippen LogP contribution in [0.4, 0.5) is 0 Å². The average molecular weight is 238 g/mol. The molecule has 2 heteroatoms. The Kier molecular flexibility index (Phi) is 3.84. The highest BCUT2D eigenvalue weighted by molar-refractivity contribution is 4.99. The lowest BCUT2D eigenvalue weighted by molar-refractivity contribution is 0.0240. The Morgan fingerprint density at radius 3 is 2.29 bits per heavy atom. The van der Waals surface area contributed by atoms with E-state index in [0.29, 0.717) is 11.0 Å². The maximum absolute atomic E-state index is 6.03. The molecule has 1 unspecified atom stereocenters. The van der Waals surface area contributed by atoms with Gasteiger partial charge in [-0.05, 0) is 62.9 Å². The molecule has 1 heterocycles. The zero-order chi connectivity index (χ0) is 12.5. The summed E-state index contributed by atoms with van der Waals surface area (Å²) in [6.45, 7) is 10.6. The standard InChI is InChI=1S/C15H30N2/c1-14(2,3)13-6-4-10-17(11-7-13)15(12-16)8-5-9-15/h13H,4-12,16H2,1-3H3. The van der Waals surface area contributed by atoms with Gasteiger partial charge in [-0.3, -0.25) is 4.90 Å². The van der Waals surface area contributed by atoms with Crippen LogP contribution in [0.1, 0.15) is 59.3 Å². The second kappa shape index (κ2) is 4.89. The molecule has 0 spiro atoms. The number of hydrogen-bond donors (Lipinski definition) is 1. The van der Waals surface area contributed by atoms with Gasteiger partial charge in [-0.15, -0.1) is 0 Å². The summed E-state index contributed by atoms with van der Waals surface area (Å²) >= 11 is 0. The smallest absolute Gasteiger partial charge is 0.0331 e. The Labute approximate surface area is 107 Å². The van der Waals surface area contributed by atoms with Gasteiger partial charge in [0.25, 0.3) is 0 Å². The van der Waals surface area contributed by atoms with Gasteiger partial charge >= 0.3 is 0 Å². The van der Waals surface area contributed by atoms with Gasteiger partial charge in [0.2, 0.25) is 0 Å². The molecule has 2 nitrogen and oxygen atoms in total. The fourth-order valence-corrected chi connectivity index (χ4v) is 3.67. The van der Waals surface area contributed by atoms with E-state index in [0.717, 1.165) is 12.5 Å². The summed E-state index contributed by atoms with van der Waals surface area (Å²) < 4.78 is 0. The third kappa shape index (κ3) is 2.68. The molecule has 1 saturated carbocycles. The lowest BCUT2D eigenvalue weighted by Crippen LogP contribution is -2.58. The van der Waals surface area contributed by atoms with Crippen molar-refractivity contribution < 1.29 is 0 Å². The molecule has 2 fully saturated rings. The van der Waals surface area contributed by atoms with Gasteiger partial charge in [-0.2, -0.15) is 0 Å². The van der Waals surface area contributed by atoms with Crippen molar-refractivity contribution in [2.24, 2.45) is 17.1 Å². The maximum atomic E-state index is 6.03. The Morgan fingerprint density at radius 1 is 1.12 bits per heavy atom. The van der Waals surface area contributed by atoms with Crippen LogP contribution in [0.15, 0.2) is 0 Å². The normalized spacial score (nSPS) is 30.7. The van der Waals surface area contributed by atoms with Gasteiger partial charge in [0.15, 0.2) is 0 Å². The third-order valence-electron chi connectivity index (χ3n) is 5.29. The summed E-state index contributed by atoms with van der Waals surface area (Å²) in [5, 5.41) is 0. The number of nitrogens with two attached hydrogens (primary N) is 1. The summed E-state index contributed by atoms with van der Waals surface area (Å²) in [5.41, 5.74) is 6.90. The van der Waals surface area contributed by atoms with Crippen LogP contribution in [-0.2, 0) is 0 Å². The van der Waals surface area contributed by atoms with Crippen LogP contribution in [0.2, 0.25) is 0 Å². The van der Waals surface area contributed by atoms with Crippen molar-refractivity contribution in [3.63, 3.8) is 0 Å². The molecule has 1 aliphatic heterocycles. The summed E-state index contributed by atoms with van der Waals surface area (Å²) in [5.74, 6) is 0.891. The van der Waals surface area contributed by atoms with Crippen molar-refractivity contribution in [3.05, 3.63) is 0 Å². The fourth-order valence-electron chi connectivity index (χ4n) is 3.67. The minimum atomic E-state index is 0.396. The minimum absolute atomic E-state index is 0.396. The Bertz CT molecular complexity index is 245. The quantitative estimate of drug-likeness (QED) is 0.801. The summed E-state index contributed by atoms with van der Waals surface area (Å²) in [6.07, 6.45) is 8.19. The third-order valence-corrected chi connectivity index (χ3v) is 5.29. The molecule has 2 aliphatic rings. The number of nitrogens with zero attached hydrogens (tertiary/aromatic N) is 1. The van der Waals surface area contributed by atoms with Gasteiger partial charge in [0, 0.05) is 12.1 Å². The first kappa shape index (κ1) is 13.4. The first-order valence-electron chi connectivity index (χ1n) is 7.43. The Hall–Kier alpha value is -0.0800. The second-order valence-electron chi connectivity index (χ2n) is 7.26. The van der Waals surface area contributed by atoms with E-state index in [9.17, 15) is 0 Å². The molecule has 1 aliphatic carbocycles. The maximum Gasteiger partial charge on any atom is 0.0331 e. The average Bonchev–Trinajstić information content (AvgIpc) is 2.42. The molecular weight excluding hydrogens is 208 g/mol. The number of hydrogen-bond acceptors (Lipinski definition) is 2. The first-order valence-corrected chi connectivity index (χ1v) is 7.43. The van der Waals surface area contributed by atoms with Crippen molar-refractivity contribution in [2.45, 2.75) is 64.8 Å². The van der Waals surface area contributed by atoms with Gasteiger partial charge < -0.3 is 5.73 Å². The molecule has 0 aromatic rings.